The molecule has 0 aliphatic carbocycles. The molecule has 0 N–H and O–H groups in total. The van der Waals surface area contributed by atoms with E-state index in [1.165, 1.54) is 5.56 Å². The highest BCUT2D eigenvalue weighted by Gasteiger charge is 2.07. The third-order valence-corrected chi connectivity index (χ3v) is 2.92. The Balaban J connectivity index is 2.38. The Morgan fingerprint density at radius 1 is 1.18 bits per heavy atom. The van der Waals surface area contributed by atoms with Crippen LogP contribution in [0.15, 0.2) is 30.3 Å². The summed E-state index contributed by atoms with van der Waals surface area (Å²) in [5.74, 6) is 0.988. The van der Waals surface area contributed by atoms with Gasteiger partial charge in [-0.1, -0.05) is 19.1 Å². The van der Waals surface area contributed by atoms with E-state index in [-0.39, 0.29) is 0 Å². The van der Waals surface area contributed by atoms with E-state index in [2.05, 4.69) is 49.3 Å². The monoisotopic (exact) mass is 229 g/mol. The van der Waals surface area contributed by atoms with Crippen LogP contribution in [0.5, 0.6) is 0 Å². The largest absolute Gasteiger partial charge is 0.361 e. The van der Waals surface area contributed by atoms with Gasteiger partial charge in [-0.25, -0.2) is 4.68 Å². The summed E-state index contributed by atoms with van der Waals surface area (Å²) in [5.41, 5.74) is 3.62. The molecule has 0 amide bonds. The van der Waals surface area contributed by atoms with E-state index in [1.807, 2.05) is 23.7 Å². The number of aromatic nitrogens is 2. The number of hydrogen-bond donors (Lipinski definition) is 0. The van der Waals surface area contributed by atoms with E-state index in [1.54, 1.807) is 0 Å². The summed E-state index contributed by atoms with van der Waals surface area (Å²) in [6.45, 7) is 4.24. The Morgan fingerprint density at radius 3 is 2.29 bits per heavy atom. The topological polar surface area (TPSA) is 21.1 Å². The third kappa shape index (κ3) is 2.33. The SMILES string of the molecule is CCc1ccc(-n2nc(N(C)C)cc2C)cc1. The Hall–Kier alpha value is -1.77. The number of benzene rings is 1. The molecule has 0 atom stereocenters. The van der Waals surface area contributed by atoms with Gasteiger partial charge in [0, 0.05) is 25.9 Å². The van der Waals surface area contributed by atoms with E-state index >= 15 is 0 Å². The molecule has 1 aromatic carbocycles. The van der Waals surface area contributed by atoms with Crippen molar-refractivity contribution in [2.45, 2.75) is 20.3 Å². The average molecular weight is 229 g/mol. The minimum absolute atomic E-state index is 0.988. The average Bonchev–Trinajstić information content (AvgIpc) is 2.72. The van der Waals surface area contributed by atoms with Crippen LogP contribution in [0, 0.1) is 6.92 Å². The fraction of sp³-hybridized carbons (Fsp3) is 0.357. The van der Waals surface area contributed by atoms with Gasteiger partial charge in [-0.05, 0) is 31.0 Å². The summed E-state index contributed by atoms with van der Waals surface area (Å²) in [4.78, 5) is 2.02. The second-order valence-electron chi connectivity index (χ2n) is 4.47. The molecule has 90 valence electrons. The number of anilines is 1. The molecule has 0 aliphatic heterocycles. The predicted molar refractivity (Wildman–Crippen MR) is 72.0 cm³/mol. The second kappa shape index (κ2) is 4.62. The van der Waals surface area contributed by atoms with Crippen molar-refractivity contribution in [1.29, 1.82) is 0 Å². The van der Waals surface area contributed by atoms with Gasteiger partial charge in [0.25, 0.3) is 0 Å². The van der Waals surface area contributed by atoms with Crippen molar-refractivity contribution in [3.05, 3.63) is 41.6 Å². The molecule has 0 radical (unpaired) electrons. The van der Waals surface area contributed by atoms with Gasteiger partial charge in [0.2, 0.25) is 0 Å². The summed E-state index contributed by atoms with van der Waals surface area (Å²) in [6, 6.07) is 10.7. The molecule has 0 unspecified atom stereocenters. The van der Waals surface area contributed by atoms with Crippen molar-refractivity contribution in [3.63, 3.8) is 0 Å². The minimum atomic E-state index is 0.988. The smallest absolute Gasteiger partial charge is 0.150 e. The first-order valence-electron chi connectivity index (χ1n) is 5.95. The molecule has 1 heterocycles. The minimum Gasteiger partial charge on any atom is -0.361 e. The summed E-state index contributed by atoms with van der Waals surface area (Å²) in [5, 5.41) is 4.58. The molecule has 0 bridgehead atoms. The van der Waals surface area contributed by atoms with Crippen LogP contribution >= 0.6 is 0 Å². The fourth-order valence-corrected chi connectivity index (χ4v) is 1.81. The summed E-state index contributed by atoms with van der Waals surface area (Å²) in [7, 11) is 4.01. The molecular formula is C14H19N3. The molecule has 2 aromatic rings. The van der Waals surface area contributed by atoms with Gasteiger partial charge < -0.3 is 4.90 Å². The maximum atomic E-state index is 4.58. The van der Waals surface area contributed by atoms with Crippen molar-refractivity contribution in [2.24, 2.45) is 0 Å². The Labute approximate surface area is 103 Å². The number of aryl methyl sites for hydroxylation is 2. The summed E-state index contributed by atoms with van der Waals surface area (Å²) < 4.78 is 1.98. The van der Waals surface area contributed by atoms with Crippen LogP contribution in [0.3, 0.4) is 0 Å². The summed E-state index contributed by atoms with van der Waals surface area (Å²) in [6.07, 6.45) is 1.07. The molecule has 1 aromatic heterocycles. The van der Waals surface area contributed by atoms with Gasteiger partial charge in [0.15, 0.2) is 5.82 Å². The quantitative estimate of drug-likeness (QED) is 0.807. The van der Waals surface area contributed by atoms with E-state index in [4.69, 9.17) is 0 Å². The molecule has 0 fully saturated rings. The highest BCUT2D eigenvalue weighted by Crippen LogP contribution is 2.17. The maximum absolute atomic E-state index is 4.58. The fourth-order valence-electron chi connectivity index (χ4n) is 1.81. The highest BCUT2D eigenvalue weighted by atomic mass is 15.3. The predicted octanol–water partition coefficient (Wildman–Crippen LogP) is 2.81. The van der Waals surface area contributed by atoms with Crippen LogP contribution in [0.4, 0.5) is 5.82 Å². The lowest BCUT2D eigenvalue weighted by Gasteiger charge is -2.07. The standard InChI is InChI=1S/C14H19N3/c1-5-12-6-8-13(9-7-12)17-11(2)10-14(15-17)16(3)4/h6-10H,5H2,1-4H3. The highest BCUT2D eigenvalue weighted by molar-refractivity contribution is 5.43. The van der Waals surface area contributed by atoms with Gasteiger partial charge in [0.05, 0.1) is 5.69 Å². The Bertz CT molecular complexity index is 495. The van der Waals surface area contributed by atoms with Gasteiger partial charge in [0.1, 0.15) is 0 Å². The van der Waals surface area contributed by atoms with Gasteiger partial charge >= 0.3 is 0 Å². The number of rotatable bonds is 3. The van der Waals surface area contributed by atoms with Crippen LogP contribution in [-0.2, 0) is 6.42 Å². The molecule has 0 aliphatic rings. The van der Waals surface area contributed by atoms with Crippen LogP contribution < -0.4 is 4.90 Å². The van der Waals surface area contributed by atoms with Crippen molar-refractivity contribution in [1.82, 2.24) is 9.78 Å². The molecule has 0 spiro atoms. The first kappa shape index (κ1) is 11.7. The van der Waals surface area contributed by atoms with Crippen LogP contribution in [-0.4, -0.2) is 23.9 Å². The zero-order valence-electron chi connectivity index (χ0n) is 10.9. The normalized spacial score (nSPS) is 10.6. The Morgan fingerprint density at radius 2 is 1.82 bits per heavy atom. The maximum Gasteiger partial charge on any atom is 0.150 e. The van der Waals surface area contributed by atoms with Gasteiger partial charge in [-0.3, -0.25) is 0 Å². The van der Waals surface area contributed by atoms with Gasteiger partial charge in [-0.2, -0.15) is 5.10 Å². The lowest BCUT2D eigenvalue weighted by Crippen LogP contribution is -2.09. The molecule has 3 nitrogen and oxygen atoms in total. The molecule has 17 heavy (non-hydrogen) atoms. The number of nitrogens with zero attached hydrogens (tertiary/aromatic N) is 3. The zero-order chi connectivity index (χ0) is 12.4. The van der Waals surface area contributed by atoms with Crippen LogP contribution in [0.2, 0.25) is 0 Å². The number of hydrogen-bond acceptors (Lipinski definition) is 2. The molecule has 0 saturated heterocycles. The lowest BCUT2D eigenvalue weighted by atomic mass is 10.1. The van der Waals surface area contributed by atoms with Gasteiger partial charge in [-0.15, -0.1) is 0 Å². The Kier molecular flexibility index (Phi) is 3.18. The first-order chi connectivity index (χ1) is 8.11. The van der Waals surface area contributed by atoms with E-state index in [0.29, 0.717) is 0 Å². The van der Waals surface area contributed by atoms with Crippen molar-refractivity contribution in [2.75, 3.05) is 19.0 Å². The van der Waals surface area contributed by atoms with Crippen LogP contribution in [0.1, 0.15) is 18.2 Å². The molecule has 0 saturated carbocycles. The lowest BCUT2D eigenvalue weighted by molar-refractivity contribution is 0.836. The summed E-state index contributed by atoms with van der Waals surface area (Å²) >= 11 is 0. The third-order valence-electron chi connectivity index (χ3n) is 2.92. The van der Waals surface area contributed by atoms with Crippen molar-refractivity contribution in [3.8, 4) is 5.69 Å². The van der Waals surface area contributed by atoms with E-state index < -0.39 is 0 Å². The molecular weight excluding hydrogens is 210 g/mol. The van der Waals surface area contributed by atoms with E-state index in [0.717, 1.165) is 23.6 Å². The van der Waals surface area contributed by atoms with Crippen LogP contribution in [0.25, 0.3) is 5.69 Å². The second-order valence-corrected chi connectivity index (χ2v) is 4.47. The van der Waals surface area contributed by atoms with E-state index in [9.17, 15) is 0 Å². The van der Waals surface area contributed by atoms with Crippen molar-refractivity contribution < 1.29 is 0 Å². The molecule has 2 rings (SSSR count). The first-order valence-corrected chi connectivity index (χ1v) is 5.95. The molecule has 3 heteroatoms. The van der Waals surface area contributed by atoms with Crippen molar-refractivity contribution >= 4 is 5.82 Å². The zero-order valence-corrected chi connectivity index (χ0v) is 10.9.